The van der Waals surface area contributed by atoms with Crippen LogP contribution in [-0.2, 0) is 9.53 Å². The number of rotatable bonds is 5. The molecule has 0 atom stereocenters. The number of carboxylic acid groups (broad SMARTS) is 1. The minimum Gasteiger partial charge on any atom is -0.478 e. The standard InChI is InChI=1S/C16H23N3O3/c1-3-4-5-6-13(16(20)21)14-11-17-15(12-18(14)2)19-7-9-22-10-8-19/h5-6,11-12H,3-4,7-10H2,1-2H3,(H,20,21)/b6-5+,14-13+. The smallest absolute Gasteiger partial charge is 0.337 e. The van der Waals surface area contributed by atoms with E-state index in [4.69, 9.17) is 4.74 Å². The van der Waals surface area contributed by atoms with Gasteiger partial charge < -0.3 is 19.6 Å². The topological polar surface area (TPSA) is 65.4 Å². The Kier molecular flexibility index (Phi) is 5.77. The Labute approximate surface area is 131 Å². The van der Waals surface area contributed by atoms with Crippen LogP contribution in [0.15, 0.2) is 40.4 Å². The van der Waals surface area contributed by atoms with Crippen LogP contribution in [0.2, 0.25) is 0 Å². The van der Waals surface area contributed by atoms with E-state index in [1.165, 1.54) is 0 Å². The van der Waals surface area contributed by atoms with Gasteiger partial charge in [0.05, 0.1) is 30.7 Å². The van der Waals surface area contributed by atoms with Crippen LogP contribution in [0.4, 0.5) is 0 Å². The van der Waals surface area contributed by atoms with Crippen LogP contribution in [-0.4, -0.2) is 60.4 Å². The highest BCUT2D eigenvalue weighted by Crippen LogP contribution is 2.19. The summed E-state index contributed by atoms with van der Waals surface area (Å²) in [7, 11) is 1.84. The van der Waals surface area contributed by atoms with E-state index < -0.39 is 5.97 Å². The van der Waals surface area contributed by atoms with Gasteiger partial charge in [-0.25, -0.2) is 9.79 Å². The van der Waals surface area contributed by atoms with Crippen molar-refractivity contribution in [2.24, 2.45) is 4.99 Å². The number of aliphatic carboxylic acids is 1. The number of carboxylic acids is 1. The predicted octanol–water partition coefficient (Wildman–Crippen LogP) is 1.83. The van der Waals surface area contributed by atoms with Gasteiger partial charge in [0.25, 0.3) is 0 Å². The van der Waals surface area contributed by atoms with Crippen LogP contribution in [0.25, 0.3) is 0 Å². The third kappa shape index (κ3) is 3.98. The first-order chi connectivity index (χ1) is 10.6. The van der Waals surface area contributed by atoms with Gasteiger partial charge in [0.1, 0.15) is 5.82 Å². The van der Waals surface area contributed by atoms with E-state index >= 15 is 0 Å². The van der Waals surface area contributed by atoms with Gasteiger partial charge >= 0.3 is 5.97 Å². The van der Waals surface area contributed by atoms with Gasteiger partial charge in [0, 0.05) is 26.3 Å². The van der Waals surface area contributed by atoms with Gasteiger partial charge in [0.2, 0.25) is 0 Å². The molecule has 0 aromatic carbocycles. The maximum absolute atomic E-state index is 11.5. The Morgan fingerprint density at radius 2 is 2.18 bits per heavy atom. The summed E-state index contributed by atoms with van der Waals surface area (Å²) in [5.41, 5.74) is 0.855. The zero-order valence-corrected chi connectivity index (χ0v) is 13.2. The summed E-state index contributed by atoms with van der Waals surface area (Å²) >= 11 is 0. The highest BCUT2D eigenvalue weighted by atomic mass is 16.5. The Balaban J connectivity index is 2.19. The average Bonchev–Trinajstić information content (AvgIpc) is 2.53. The van der Waals surface area contributed by atoms with Crippen LogP contribution in [0.3, 0.4) is 0 Å². The molecule has 22 heavy (non-hydrogen) atoms. The Morgan fingerprint density at radius 3 is 2.77 bits per heavy atom. The number of carbonyl (C=O) groups is 1. The Bertz CT molecular complexity index is 529. The van der Waals surface area contributed by atoms with Crippen molar-refractivity contribution in [2.75, 3.05) is 33.4 Å². The fourth-order valence-corrected chi connectivity index (χ4v) is 2.34. The Morgan fingerprint density at radius 1 is 1.45 bits per heavy atom. The molecule has 0 unspecified atom stereocenters. The fourth-order valence-electron chi connectivity index (χ4n) is 2.34. The molecule has 2 rings (SSSR count). The fraction of sp³-hybridized carbons (Fsp3) is 0.500. The number of allylic oxidation sites excluding steroid dienone is 2. The number of unbranched alkanes of at least 4 members (excludes halogenated alkanes) is 1. The summed E-state index contributed by atoms with van der Waals surface area (Å²) in [6, 6.07) is 0. The molecule has 1 saturated heterocycles. The minimum absolute atomic E-state index is 0.261. The summed E-state index contributed by atoms with van der Waals surface area (Å²) in [6.07, 6.45) is 8.90. The van der Waals surface area contributed by atoms with Gasteiger partial charge in [-0.05, 0) is 12.5 Å². The molecule has 0 saturated carbocycles. The van der Waals surface area contributed by atoms with Gasteiger partial charge in [-0.3, -0.25) is 0 Å². The van der Waals surface area contributed by atoms with Crippen LogP contribution in [0, 0.1) is 0 Å². The lowest BCUT2D eigenvalue weighted by Crippen LogP contribution is -2.37. The third-order valence-electron chi connectivity index (χ3n) is 3.59. The second kappa shape index (κ2) is 7.79. The van der Waals surface area contributed by atoms with Crippen molar-refractivity contribution in [3.63, 3.8) is 0 Å². The van der Waals surface area contributed by atoms with Gasteiger partial charge in [0.15, 0.2) is 0 Å². The number of ether oxygens (including phenoxy) is 1. The average molecular weight is 305 g/mol. The van der Waals surface area contributed by atoms with Crippen LogP contribution in [0.1, 0.15) is 19.8 Å². The maximum atomic E-state index is 11.5. The summed E-state index contributed by atoms with van der Waals surface area (Å²) < 4.78 is 5.33. The van der Waals surface area contributed by atoms with E-state index in [1.54, 1.807) is 12.3 Å². The molecule has 0 spiro atoms. The third-order valence-corrected chi connectivity index (χ3v) is 3.59. The summed E-state index contributed by atoms with van der Waals surface area (Å²) in [4.78, 5) is 19.9. The molecule has 1 N–H and O–H groups in total. The van der Waals surface area contributed by atoms with Gasteiger partial charge in [-0.1, -0.05) is 19.4 Å². The molecule has 0 amide bonds. The molecule has 2 heterocycles. The molecule has 0 aliphatic carbocycles. The molecule has 0 aromatic rings. The number of hydrogen-bond donors (Lipinski definition) is 1. The van der Waals surface area contributed by atoms with Gasteiger partial charge in [-0.2, -0.15) is 0 Å². The zero-order chi connectivity index (χ0) is 15.9. The molecule has 0 bridgehead atoms. The van der Waals surface area contributed by atoms with E-state index in [1.807, 2.05) is 24.2 Å². The van der Waals surface area contributed by atoms with E-state index in [0.29, 0.717) is 18.9 Å². The maximum Gasteiger partial charge on any atom is 0.337 e. The first-order valence-electron chi connectivity index (χ1n) is 7.59. The Hall–Kier alpha value is -2.08. The largest absolute Gasteiger partial charge is 0.478 e. The van der Waals surface area contributed by atoms with Crippen molar-refractivity contribution in [1.29, 1.82) is 0 Å². The second-order valence-corrected chi connectivity index (χ2v) is 5.25. The van der Waals surface area contributed by atoms with Crippen molar-refractivity contribution in [3.05, 3.63) is 35.4 Å². The van der Waals surface area contributed by atoms with Crippen LogP contribution >= 0.6 is 0 Å². The molecule has 1 fully saturated rings. The highest BCUT2D eigenvalue weighted by molar-refractivity contribution is 5.98. The van der Waals surface area contributed by atoms with Crippen molar-refractivity contribution in [1.82, 2.24) is 9.80 Å². The number of aliphatic imine (C=N–C) groups is 1. The summed E-state index contributed by atoms with van der Waals surface area (Å²) in [6.45, 7) is 5.05. The SMILES string of the molecule is CCC/C=C/C(C(=O)O)=C1/C=NC(N2CCOCC2)=CN1C. The molecule has 120 valence electrons. The van der Waals surface area contributed by atoms with Gasteiger partial charge in [-0.15, -0.1) is 0 Å². The second-order valence-electron chi connectivity index (χ2n) is 5.25. The van der Waals surface area contributed by atoms with E-state index in [9.17, 15) is 9.90 Å². The van der Waals surface area contributed by atoms with Crippen molar-refractivity contribution < 1.29 is 14.6 Å². The van der Waals surface area contributed by atoms with Crippen LogP contribution < -0.4 is 0 Å². The molecule has 0 radical (unpaired) electrons. The molecule has 0 aromatic heterocycles. The number of nitrogens with zero attached hydrogens (tertiary/aromatic N) is 3. The molecule has 6 heteroatoms. The molecular formula is C16H23N3O3. The number of morpholine rings is 1. The lowest BCUT2D eigenvalue weighted by Gasteiger charge is -2.32. The zero-order valence-electron chi connectivity index (χ0n) is 13.2. The first-order valence-corrected chi connectivity index (χ1v) is 7.59. The lowest BCUT2D eigenvalue weighted by molar-refractivity contribution is -0.132. The highest BCUT2D eigenvalue weighted by Gasteiger charge is 2.20. The van der Waals surface area contributed by atoms with E-state index in [0.717, 1.165) is 31.8 Å². The predicted molar refractivity (Wildman–Crippen MR) is 85.4 cm³/mol. The summed E-state index contributed by atoms with van der Waals surface area (Å²) in [5.74, 6) is -0.0966. The molecule has 2 aliphatic rings. The molecular weight excluding hydrogens is 282 g/mol. The van der Waals surface area contributed by atoms with Crippen molar-refractivity contribution in [2.45, 2.75) is 19.8 Å². The molecule has 6 nitrogen and oxygen atoms in total. The quantitative estimate of drug-likeness (QED) is 0.785. The van der Waals surface area contributed by atoms with E-state index in [-0.39, 0.29) is 5.57 Å². The normalized spacial score (nSPS) is 21.3. The van der Waals surface area contributed by atoms with Crippen molar-refractivity contribution >= 4 is 12.2 Å². The number of hydrogen-bond acceptors (Lipinski definition) is 5. The van der Waals surface area contributed by atoms with Crippen molar-refractivity contribution in [3.8, 4) is 0 Å². The first kappa shape index (κ1) is 16.3. The monoisotopic (exact) mass is 305 g/mol. The lowest BCUT2D eigenvalue weighted by atomic mass is 10.1. The molecule has 2 aliphatic heterocycles. The van der Waals surface area contributed by atoms with Crippen LogP contribution in [0.5, 0.6) is 0 Å². The minimum atomic E-state index is -0.941. The van der Waals surface area contributed by atoms with E-state index in [2.05, 4.69) is 16.8 Å². The summed E-state index contributed by atoms with van der Waals surface area (Å²) in [5, 5.41) is 9.41.